The van der Waals surface area contributed by atoms with Gasteiger partial charge in [-0.15, -0.1) is 0 Å². The van der Waals surface area contributed by atoms with Crippen molar-refractivity contribution in [3.8, 4) is 0 Å². The molecule has 0 radical (unpaired) electrons. The minimum absolute atomic E-state index is 1.39. The second-order valence-corrected chi connectivity index (χ2v) is 24.4. The molecule has 1 heteroatoms. The molecule has 0 aliphatic rings. The summed E-state index contributed by atoms with van der Waals surface area (Å²) in [5, 5.41) is 0. The number of rotatable bonds is 11. The van der Waals surface area contributed by atoms with E-state index >= 15 is 0 Å². The summed E-state index contributed by atoms with van der Waals surface area (Å²) in [5.74, 6) is 0. The fourth-order valence-electron chi connectivity index (χ4n) is 2.64. The maximum atomic E-state index is 4.03. The van der Waals surface area contributed by atoms with E-state index in [1.54, 1.807) is 11.9 Å². The van der Waals surface area contributed by atoms with E-state index in [2.05, 4.69) is 33.4 Å². The van der Waals surface area contributed by atoms with Gasteiger partial charge >= 0.3 is 109 Å². The van der Waals surface area contributed by atoms with Crippen molar-refractivity contribution in [1.82, 2.24) is 0 Å². The van der Waals surface area contributed by atoms with E-state index in [1.807, 2.05) is 0 Å². The molecule has 0 rings (SSSR count). The van der Waals surface area contributed by atoms with Gasteiger partial charge in [0.25, 0.3) is 0 Å². The molecular formula is C15H32Pb. The van der Waals surface area contributed by atoms with Crippen molar-refractivity contribution in [2.75, 3.05) is 0 Å². The van der Waals surface area contributed by atoms with Gasteiger partial charge in [-0.2, -0.15) is 0 Å². The summed E-state index contributed by atoms with van der Waals surface area (Å²) in [7, 11) is 0. The second kappa shape index (κ2) is 10.8. The van der Waals surface area contributed by atoms with Crippen LogP contribution < -0.4 is 0 Å². The van der Waals surface area contributed by atoms with E-state index in [9.17, 15) is 0 Å². The minimum atomic E-state index is -1.91. The number of hydrogen-bond donors (Lipinski definition) is 0. The molecule has 0 atom stereocenters. The molecular weight excluding hydrogens is 387 g/mol. The van der Waals surface area contributed by atoms with Crippen LogP contribution in [0.2, 0.25) is 15.9 Å². The van der Waals surface area contributed by atoms with Gasteiger partial charge in [0.15, 0.2) is 0 Å². The van der Waals surface area contributed by atoms with Crippen LogP contribution in [-0.4, -0.2) is 21.2 Å². The zero-order valence-corrected chi connectivity index (χ0v) is 15.7. The van der Waals surface area contributed by atoms with E-state index in [0.29, 0.717) is 0 Å². The second-order valence-electron chi connectivity index (χ2n) is 5.30. The maximum absolute atomic E-state index is 4.03. The molecule has 0 saturated carbocycles. The average molecular weight is 420 g/mol. The van der Waals surface area contributed by atoms with Crippen molar-refractivity contribution < 1.29 is 0 Å². The normalized spacial score (nSPS) is 11.7. The molecule has 0 aromatic heterocycles. The zero-order chi connectivity index (χ0) is 12.3. The molecule has 0 aromatic carbocycles. The summed E-state index contributed by atoms with van der Waals surface area (Å²) < 4.78 is 6.35. The molecule has 16 heavy (non-hydrogen) atoms. The summed E-state index contributed by atoms with van der Waals surface area (Å²) in [4.78, 5) is 0. The summed E-state index contributed by atoms with van der Waals surface area (Å²) in [5.41, 5.74) is 0. The van der Waals surface area contributed by atoms with E-state index in [4.69, 9.17) is 0 Å². The van der Waals surface area contributed by atoms with Gasteiger partial charge in [0.1, 0.15) is 0 Å². The van der Waals surface area contributed by atoms with Crippen LogP contribution in [0.25, 0.3) is 0 Å². The van der Waals surface area contributed by atoms with Crippen molar-refractivity contribution in [3.63, 3.8) is 0 Å². The molecule has 0 aliphatic carbocycles. The third-order valence-electron chi connectivity index (χ3n) is 3.76. The third kappa shape index (κ3) is 7.08. The van der Waals surface area contributed by atoms with Crippen molar-refractivity contribution >= 4 is 21.2 Å². The molecule has 0 bridgehead atoms. The fraction of sp³-hybridized carbons (Fsp3) is 0.867. The van der Waals surface area contributed by atoms with Gasteiger partial charge in [0.2, 0.25) is 0 Å². The Morgan fingerprint density at radius 1 is 0.812 bits per heavy atom. The first-order chi connectivity index (χ1) is 7.74. The van der Waals surface area contributed by atoms with E-state index in [1.165, 1.54) is 42.5 Å². The van der Waals surface area contributed by atoms with Crippen molar-refractivity contribution in [2.24, 2.45) is 0 Å². The Morgan fingerprint density at radius 3 is 1.44 bits per heavy atom. The zero-order valence-electron chi connectivity index (χ0n) is 11.9. The van der Waals surface area contributed by atoms with Gasteiger partial charge in [0, 0.05) is 0 Å². The average Bonchev–Trinajstić information content (AvgIpc) is 2.31. The van der Waals surface area contributed by atoms with Crippen LogP contribution in [0.4, 0.5) is 0 Å². The first-order valence-electron chi connectivity index (χ1n) is 7.35. The topological polar surface area (TPSA) is 0 Å². The Hall–Kier alpha value is 0.662. The standard InChI is InChI=1S/3C4H9.C3H5.Pb/c3*1-3-4-2;1-3-2;/h3*1,3-4H2,2H3;3H,1-2H2;. The van der Waals surface area contributed by atoms with Gasteiger partial charge in [0.05, 0.1) is 0 Å². The molecule has 96 valence electrons. The molecule has 0 heterocycles. The van der Waals surface area contributed by atoms with Crippen molar-refractivity contribution in [1.29, 1.82) is 0 Å². The molecule has 0 aromatic rings. The summed E-state index contributed by atoms with van der Waals surface area (Å²) in [6.45, 7) is 11.0. The summed E-state index contributed by atoms with van der Waals surface area (Å²) in [6.07, 6.45) is 10.9. The molecule has 0 fully saturated rings. The molecule has 0 amide bonds. The van der Waals surface area contributed by atoms with E-state index in [0.717, 1.165) is 0 Å². The van der Waals surface area contributed by atoms with E-state index in [-0.39, 0.29) is 0 Å². The van der Waals surface area contributed by atoms with Crippen LogP contribution in [0.3, 0.4) is 0 Å². The van der Waals surface area contributed by atoms with Gasteiger partial charge in [-0.05, 0) is 0 Å². The summed E-state index contributed by atoms with van der Waals surface area (Å²) >= 11 is -1.91. The quantitative estimate of drug-likeness (QED) is 0.284. The molecule has 0 spiro atoms. The Bertz CT molecular complexity index is 141. The summed E-state index contributed by atoms with van der Waals surface area (Å²) in [6, 6.07) is 0. The predicted octanol–water partition coefficient (Wildman–Crippen LogP) is 6.02. The first-order valence-corrected chi connectivity index (χ1v) is 18.3. The van der Waals surface area contributed by atoms with Gasteiger partial charge in [-0.1, -0.05) is 0 Å². The molecule has 0 N–H and O–H groups in total. The van der Waals surface area contributed by atoms with Crippen LogP contribution in [0.15, 0.2) is 12.7 Å². The fourth-order valence-corrected chi connectivity index (χ4v) is 23.2. The Labute approximate surface area is 109 Å². The SMILES string of the molecule is C=C[CH2][Pb]([CH2]CCC)([CH2]CCC)[CH2]CCC. The van der Waals surface area contributed by atoms with Crippen LogP contribution in [0.5, 0.6) is 0 Å². The van der Waals surface area contributed by atoms with Crippen LogP contribution in [0.1, 0.15) is 59.3 Å². The Morgan fingerprint density at radius 2 is 1.19 bits per heavy atom. The van der Waals surface area contributed by atoms with Crippen molar-refractivity contribution in [2.45, 2.75) is 75.2 Å². The Balaban J connectivity index is 4.37. The molecule has 0 aliphatic heterocycles. The molecule has 0 saturated heterocycles. The van der Waals surface area contributed by atoms with Crippen LogP contribution >= 0.6 is 0 Å². The van der Waals surface area contributed by atoms with Crippen molar-refractivity contribution in [3.05, 3.63) is 12.7 Å². The van der Waals surface area contributed by atoms with Crippen LogP contribution in [0, 0.1) is 0 Å². The number of hydrogen-bond acceptors (Lipinski definition) is 0. The Kier molecular flexibility index (Phi) is 11.2. The van der Waals surface area contributed by atoms with E-state index < -0.39 is 21.2 Å². The first kappa shape index (κ1) is 16.7. The number of unbranched alkanes of at least 4 members (excludes halogenated alkanes) is 3. The van der Waals surface area contributed by atoms with Crippen LogP contribution in [-0.2, 0) is 0 Å². The molecule has 0 nitrogen and oxygen atoms in total. The molecule has 0 unspecified atom stereocenters. The third-order valence-corrected chi connectivity index (χ3v) is 24.7. The van der Waals surface area contributed by atoms with Gasteiger partial charge in [-0.25, -0.2) is 0 Å². The monoisotopic (exact) mass is 420 g/mol. The number of allylic oxidation sites excluding steroid dienone is 1. The predicted molar refractivity (Wildman–Crippen MR) is 79.9 cm³/mol. The van der Waals surface area contributed by atoms with Gasteiger partial charge < -0.3 is 0 Å². The van der Waals surface area contributed by atoms with Gasteiger partial charge in [-0.3, -0.25) is 0 Å².